The first-order valence-corrected chi connectivity index (χ1v) is 15.7. The fourth-order valence-corrected chi connectivity index (χ4v) is 101. The molecule has 6 atom stereocenters. The van der Waals surface area contributed by atoms with Crippen molar-refractivity contribution in [2.24, 2.45) is 0 Å². The number of carboxylic acid groups (broad SMARTS) is 1. The third-order valence-corrected chi connectivity index (χ3v) is 61.2. The fraction of sp³-hybridized carbons (Fsp3) is 0.929. The molecular formula is C14H14Br2FeO2. The molecule has 10 aliphatic heterocycles. The van der Waals surface area contributed by atoms with Crippen molar-refractivity contribution in [2.75, 3.05) is 5.33 Å². The first kappa shape index (κ1) is 8.55. The van der Waals surface area contributed by atoms with E-state index in [0.717, 1.165) is 50.3 Å². The van der Waals surface area contributed by atoms with Crippen LogP contribution in [0.25, 0.3) is 0 Å². The Morgan fingerprint density at radius 1 is 1.16 bits per heavy atom. The maximum absolute atomic E-state index is 12.5. The monoisotopic (exact) mass is 428 g/mol. The quantitative estimate of drug-likeness (QED) is 0.517. The summed E-state index contributed by atoms with van der Waals surface area (Å²) in [7, 11) is 0. The molecule has 0 aromatic carbocycles. The number of hydrogen-bond donors (Lipinski definition) is 1. The number of fused-ring (bicyclic) bond motifs is 10. The normalized spacial score (nSPS) is 113. The van der Waals surface area contributed by atoms with Crippen molar-refractivity contribution in [3.05, 3.63) is 0 Å². The van der Waals surface area contributed by atoms with Gasteiger partial charge in [0.05, 0.1) is 0 Å². The van der Waals surface area contributed by atoms with Gasteiger partial charge in [-0.3, -0.25) is 0 Å². The molecule has 0 aromatic heterocycles. The molecule has 10 rings (SSSR count). The molecule has 0 aromatic rings. The SMILES string of the molecule is O=C(O)[C]12[CH]3[CH]4[CH]5[C]1(C(Br)CCBr)[Fe]43521678[CH]2[CH]1[CH]6[CH]7[CH]28. The predicted octanol–water partition coefficient (Wildman–Crippen LogP) is 4.75. The molecule has 0 saturated carbocycles. The van der Waals surface area contributed by atoms with Crippen LogP contribution >= 0.6 is 31.9 Å². The van der Waals surface area contributed by atoms with Crippen molar-refractivity contribution in [3.63, 3.8) is 0 Å². The Morgan fingerprint density at radius 3 is 2.05 bits per heavy atom. The van der Waals surface area contributed by atoms with Crippen molar-refractivity contribution in [1.29, 1.82) is 0 Å². The van der Waals surface area contributed by atoms with Gasteiger partial charge in [-0.15, -0.1) is 0 Å². The second-order valence-electron chi connectivity index (χ2n) is 11.1. The molecule has 10 aliphatic rings. The Balaban J connectivity index is 1.57. The van der Waals surface area contributed by atoms with Gasteiger partial charge in [0.2, 0.25) is 0 Å². The van der Waals surface area contributed by atoms with E-state index < -0.39 is 6.51 Å². The summed E-state index contributed by atoms with van der Waals surface area (Å²) in [6.45, 7) is -3.63. The summed E-state index contributed by atoms with van der Waals surface area (Å²) in [5.74, 6) is -0.298. The number of alkyl halides is 2. The third-order valence-electron chi connectivity index (χ3n) is 16.1. The second kappa shape index (κ2) is 0.755. The summed E-state index contributed by atoms with van der Waals surface area (Å²) in [5, 5.41) is 11.3. The van der Waals surface area contributed by atoms with E-state index in [4.69, 9.17) is 0 Å². The van der Waals surface area contributed by atoms with Gasteiger partial charge in [0.15, 0.2) is 0 Å². The van der Waals surface area contributed by atoms with Crippen LogP contribution in [0.2, 0.25) is 47.2 Å². The molecule has 19 heavy (non-hydrogen) atoms. The molecule has 10 fully saturated rings. The zero-order valence-corrected chi connectivity index (χ0v) is 14.4. The first-order chi connectivity index (χ1) is 8.86. The summed E-state index contributed by atoms with van der Waals surface area (Å²) in [5.41, 5.74) is 0. The zero-order valence-electron chi connectivity index (χ0n) is 10.1. The van der Waals surface area contributed by atoms with Gasteiger partial charge in [0.1, 0.15) is 0 Å². The predicted molar refractivity (Wildman–Crippen MR) is 74.1 cm³/mol. The zero-order chi connectivity index (χ0) is 12.5. The summed E-state index contributed by atoms with van der Waals surface area (Å²) >= 11 is 7.66. The summed E-state index contributed by atoms with van der Waals surface area (Å²) in [6.07, 6.45) is 1.15. The van der Waals surface area contributed by atoms with E-state index in [0.29, 0.717) is 9.14 Å². The minimum absolute atomic E-state index is 0.0393. The van der Waals surface area contributed by atoms with Crippen molar-refractivity contribution >= 4 is 37.8 Å². The van der Waals surface area contributed by atoms with E-state index in [1.165, 1.54) is 0 Å². The molecular weight excluding hydrogens is 416 g/mol. The number of rotatable bonds is 4. The molecule has 6 unspecified atom stereocenters. The van der Waals surface area contributed by atoms with E-state index in [-0.39, 0.29) is 10.3 Å². The average molecular weight is 430 g/mol. The van der Waals surface area contributed by atoms with Gasteiger partial charge in [0.25, 0.3) is 0 Å². The maximum atomic E-state index is 12.5. The Kier molecular flexibility index (Phi) is 0.339. The molecule has 1 spiro atoms. The minimum atomic E-state index is -3.63. The fourth-order valence-electron chi connectivity index (χ4n) is 18.5. The van der Waals surface area contributed by atoms with Gasteiger partial charge in [-0.05, 0) is 0 Å². The van der Waals surface area contributed by atoms with Crippen LogP contribution < -0.4 is 0 Å². The van der Waals surface area contributed by atoms with Crippen LogP contribution in [-0.4, -0.2) is 21.2 Å². The van der Waals surface area contributed by atoms with E-state index >= 15 is 0 Å². The van der Waals surface area contributed by atoms with Crippen molar-refractivity contribution in [1.82, 2.24) is 0 Å². The molecule has 0 amide bonds. The van der Waals surface area contributed by atoms with Crippen LogP contribution in [0, 0.1) is 0 Å². The Hall–Kier alpha value is 0.949. The van der Waals surface area contributed by atoms with Crippen LogP contribution in [0.4, 0.5) is 0 Å². The van der Waals surface area contributed by atoms with Crippen molar-refractivity contribution < 1.29 is 16.4 Å². The van der Waals surface area contributed by atoms with Crippen LogP contribution in [0.5, 0.6) is 0 Å². The molecule has 5 heteroatoms. The van der Waals surface area contributed by atoms with E-state index in [1.807, 2.05) is 0 Å². The topological polar surface area (TPSA) is 37.3 Å². The molecule has 0 bridgehead atoms. The molecule has 0 radical (unpaired) electrons. The molecule has 2 nitrogen and oxygen atoms in total. The third kappa shape index (κ3) is 0.0922. The van der Waals surface area contributed by atoms with Gasteiger partial charge in [-0.25, -0.2) is 0 Å². The van der Waals surface area contributed by atoms with Crippen molar-refractivity contribution in [2.45, 2.75) is 58.4 Å². The van der Waals surface area contributed by atoms with Crippen LogP contribution in [-0.2, 0) is 11.3 Å². The van der Waals surface area contributed by atoms with Gasteiger partial charge >= 0.3 is 118 Å². The van der Waals surface area contributed by atoms with Crippen LogP contribution in [0.15, 0.2) is 0 Å². The summed E-state index contributed by atoms with van der Waals surface area (Å²) in [6, 6.07) is 0. The van der Waals surface area contributed by atoms with E-state index in [2.05, 4.69) is 31.9 Å². The van der Waals surface area contributed by atoms with Gasteiger partial charge in [-0.1, -0.05) is 0 Å². The number of halogens is 2. The van der Waals surface area contributed by atoms with Gasteiger partial charge in [0, 0.05) is 0 Å². The first-order valence-electron chi connectivity index (χ1n) is 7.51. The van der Waals surface area contributed by atoms with Gasteiger partial charge < -0.3 is 0 Å². The molecule has 10 heterocycles. The van der Waals surface area contributed by atoms with Crippen molar-refractivity contribution in [3.8, 4) is 0 Å². The molecule has 1 N–H and O–H groups in total. The Morgan fingerprint density at radius 2 is 1.74 bits per heavy atom. The number of aliphatic carboxylic acids is 1. The number of carboxylic acids is 1. The average Bonchev–Trinajstić information content (AvgIpc) is 3.31. The van der Waals surface area contributed by atoms with E-state index in [1.54, 1.807) is 0 Å². The molecule has 10 saturated heterocycles. The standard InChI is InChI=1S/C9H9Br2O2.C5H5.Fe/c10-5-4-8(11)6-2-1-3-7(6)9(12)13;1-2-4-5-3-1;/h1-3,8H,4-5H2,(H,12,13);1-5H;. The molecule has 104 valence electrons. The summed E-state index contributed by atoms with van der Waals surface area (Å²) < 4.78 is 0.369. The Labute approximate surface area is 117 Å². The van der Waals surface area contributed by atoms with Crippen LogP contribution in [0.3, 0.4) is 0 Å². The molecule has 0 aliphatic carbocycles. The summed E-state index contributed by atoms with van der Waals surface area (Å²) in [4.78, 5) is 21.4. The van der Waals surface area contributed by atoms with Gasteiger partial charge in [-0.2, -0.15) is 0 Å². The number of hydrogen-bond acceptors (Lipinski definition) is 1. The van der Waals surface area contributed by atoms with E-state index in [9.17, 15) is 9.90 Å². The Bertz CT molecular complexity index is 1050. The second-order valence-corrected chi connectivity index (χ2v) is 36.2. The number of carbonyl (C=O) groups is 1. The van der Waals surface area contributed by atoms with Crippen LogP contribution in [0.1, 0.15) is 6.42 Å².